The van der Waals surface area contributed by atoms with E-state index in [1.807, 2.05) is 0 Å². The summed E-state index contributed by atoms with van der Waals surface area (Å²) in [5.41, 5.74) is -0.713. The Bertz CT molecular complexity index is 425. The topological polar surface area (TPSA) is 88.2 Å². The number of carbonyl (C=O) groups is 1. The average molecular weight is 267 g/mol. The third kappa shape index (κ3) is 4.31. The van der Waals surface area contributed by atoms with Crippen LogP contribution >= 0.6 is 0 Å². The number of amides is 1. The average Bonchev–Trinajstić information content (AvgIpc) is 2.81. The summed E-state index contributed by atoms with van der Waals surface area (Å²) < 4.78 is 4.94. The number of aryl methyl sites for hydroxylation is 2. The zero-order valence-electron chi connectivity index (χ0n) is 11.3. The van der Waals surface area contributed by atoms with Gasteiger partial charge in [-0.2, -0.15) is 4.98 Å². The quantitative estimate of drug-likeness (QED) is 0.834. The second-order valence-corrected chi connectivity index (χ2v) is 5.30. The molecule has 106 valence electrons. The van der Waals surface area contributed by atoms with Gasteiger partial charge in [-0.25, -0.2) is 0 Å². The molecule has 0 saturated heterocycles. The molecule has 2 N–H and O–H groups in total. The lowest BCUT2D eigenvalue weighted by atomic mass is 9.85. The van der Waals surface area contributed by atoms with E-state index in [4.69, 9.17) is 4.52 Å². The number of rotatable bonds is 5. The van der Waals surface area contributed by atoms with Crippen LogP contribution < -0.4 is 5.32 Å². The molecule has 1 aromatic heterocycles. The molecule has 2 rings (SSSR count). The van der Waals surface area contributed by atoms with Crippen LogP contribution in [0.1, 0.15) is 50.2 Å². The molecule has 6 heteroatoms. The Morgan fingerprint density at radius 2 is 2.16 bits per heavy atom. The molecule has 1 saturated carbocycles. The van der Waals surface area contributed by atoms with Crippen LogP contribution in [0.4, 0.5) is 0 Å². The molecule has 0 spiro atoms. The Hall–Kier alpha value is -1.43. The van der Waals surface area contributed by atoms with Crippen LogP contribution in [0.5, 0.6) is 0 Å². The van der Waals surface area contributed by atoms with E-state index >= 15 is 0 Å². The fourth-order valence-electron chi connectivity index (χ4n) is 2.40. The molecule has 1 heterocycles. The van der Waals surface area contributed by atoms with E-state index in [1.54, 1.807) is 6.92 Å². The number of aliphatic hydroxyl groups is 1. The number of carbonyl (C=O) groups excluding carboxylic acids is 1. The SMILES string of the molecule is Cc1noc(CCC(=O)NCC2(O)CCCCC2)n1. The van der Waals surface area contributed by atoms with Crippen molar-refractivity contribution in [3.63, 3.8) is 0 Å². The summed E-state index contributed by atoms with van der Waals surface area (Å²) in [6, 6.07) is 0. The molecule has 1 aliphatic carbocycles. The minimum atomic E-state index is -0.713. The highest BCUT2D eigenvalue weighted by atomic mass is 16.5. The van der Waals surface area contributed by atoms with Gasteiger partial charge in [-0.3, -0.25) is 4.79 Å². The summed E-state index contributed by atoms with van der Waals surface area (Å²) in [7, 11) is 0. The lowest BCUT2D eigenvalue weighted by molar-refractivity contribution is -0.122. The van der Waals surface area contributed by atoms with Gasteiger partial charge in [0.2, 0.25) is 11.8 Å². The molecule has 0 aromatic carbocycles. The highest BCUT2D eigenvalue weighted by Crippen LogP contribution is 2.27. The van der Waals surface area contributed by atoms with Crippen molar-refractivity contribution in [1.29, 1.82) is 0 Å². The fraction of sp³-hybridized carbons (Fsp3) is 0.769. The zero-order chi connectivity index (χ0) is 13.7. The van der Waals surface area contributed by atoms with Crippen molar-refractivity contribution in [2.75, 3.05) is 6.54 Å². The van der Waals surface area contributed by atoms with Crippen molar-refractivity contribution >= 4 is 5.91 Å². The van der Waals surface area contributed by atoms with Gasteiger partial charge in [0.15, 0.2) is 5.82 Å². The number of hydrogen-bond acceptors (Lipinski definition) is 5. The van der Waals surface area contributed by atoms with Crippen LogP contribution in [0.15, 0.2) is 4.52 Å². The fourth-order valence-corrected chi connectivity index (χ4v) is 2.40. The van der Waals surface area contributed by atoms with E-state index in [9.17, 15) is 9.90 Å². The Balaban J connectivity index is 1.69. The highest BCUT2D eigenvalue weighted by molar-refractivity contribution is 5.76. The van der Waals surface area contributed by atoms with Crippen LogP contribution in [-0.4, -0.2) is 33.3 Å². The van der Waals surface area contributed by atoms with Gasteiger partial charge in [-0.05, 0) is 19.8 Å². The van der Waals surface area contributed by atoms with E-state index < -0.39 is 5.60 Å². The van der Waals surface area contributed by atoms with E-state index in [0.717, 1.165) is 25.7 Å². The largest absolute Gasteiger partial charge is 0.388 e. The summed E-state index contributed by atoms with van der Waals surface area (Å²) in [5.74, 6) is 0.964. The molecule has 19 heavy (non-hydrogen) atoms. The summed E-state index contributed by atoms with van der Waals surface area (Å²) in [6.45, 7) is 2.08. The smallest absolute Gasteiger partial charge is 0.227 e. The summed E-state index contributed by atoms with van der Waals surface area (Å²) in [4.78, 5) is 15.7. The van der Waals surface area contributed by atoms with Crippen LogP contribution in [0.25, 0.3) is 0 Å². The molecule has 1 amide bonds. The first-order chi connectivity index (χ1) is 9.07. The predicted octanol–water partition coefficient (Wildman–Crippen LogP) is 1.12. The van der Waals surface area contributed by atoms with Crippen molar-refractivity contribution in [2.45, 2.75) is 57.5 Å². The molecule has 6 nitrogen and oxygen atoms in total. The third-order valence-corrected chi connectivity index (χ3v) is 3.53. The molecule has 0 atom stereocenters. The predicted molar refractivity (Wildman–Crippen MR) is 68.4 cm³/mol. The first kappa shape index (κ1) is 14.0. The zero-order valence-corrected chi connectivity index (χ0v) is 11.3. The van der Waals surface area contributed by atoms with Crippen LogP contribution in [0, 0.1) is 6.92 Å². The van der Waals surface area contributed by atoms with E-state index in [2.05, 4.69) is 15.5 Å². The molecule has 0 unspecified atom stereocenters. The summed E-state index contributed by atoms with van der Waals surface area (Å²) >= 11 is 0. The molecule has 0 radical (unpaired) electrons. The van der Waals surface area contributed by atoms with Gasteiger partial charge in [0, 0.05) is 19.4 Å². The first-order valence-corrected chi connectivity index (χ1v) is 6.86. The normalized spacial score (nSPS) is 18.2. The van der Waals surface area contributed by atoms with Crippen molar-refractivity contribution in [2.24, 2.45) is 0 Å². The molecular formula is C13H21N3O3. The minimum Gasteiger partial charge on any atom is -0.388 e. The number of nitrogens with one attached hydrogen (secondary N) is 1. The van der Waals surface area contributed by atoms with Crippen molar-refractivity contribution in [3.05, 3.63) is 11.7 Å². The van der Waals surface area contributed by atoms with Gasteiger partial charge >= 0.3 is 0 Å². The van der Waals surface area contributed by atoms with Crippen LogP contribution in [0.3, 0.4) is 0 Å². The Labute approximate surface area is 112 Å². The monoisotopic (exact) mass is 267 g/mol. The van der Waals surface area contributed by atoms with E-state index in [1.165, 1.54) is 6.42 Å². The lowest BCUT2D eigenvalue weighted by Gasteiger charge is -2.32. The maximum absolute atomic E-state index is 11.7. The maximum Gasteiger partial charge on any atom is 0.227 e. The molecule has 0 aliphatic heterocycles. The molecule has 1 aliphatic rings. The molecule has 1 fully saturated rings. The Morgan fingerprint density at radius 3 is 2.79 bits per heavy atom. The van der Waals surface area contributed by atoms with Crippen LogP contribution in [-0.2, 0) is 11.2 Å². The molecular weight excluding hydrogens is 246 g/mol. The first-order valence-electron chi connectivity index (χ1n) is 6.86. The lowest BCUT2D eigenvalue weighted by Crippen LogP contribution is -2.44. The van der Waals surface area contributed by atoms with Gasteiger partial charge in [-0.15, -0.1) is 0 Å². The van der Waals surface area contributed by atoms with Gasteiger partial charge in [0.05, 0.1) is 5.60 Å². The molecule has 0 bridgehead atoms. The van der Waals surface area contributed by atoms with Crippen molar-refractivity contribution in [1.82, 2.24) is 15.5 Å². The van der Waals surface area contributed by atoms with Gasteiger partial charge in [-0.1, -0.05) is 24.4 Å². The maximum atomic E-state index is 11.7. The van der Waals surface area contributed by atoms with Crippen molar-refractivity contribution < 1.29 is 14.4 Å². The van der Waals surface area contributed by atoms with Crippen molar-refractivity contribution in [3.8, 4) is 0 Å². The van der Waals surface area contributed by atoms with E-state index in [-0.39, 0.29) is 5.91 Å². The van der Waals surface area contributed by atoms with Gasteiger partial charge in [0.25, 0.3) is 0 Å². The minimum absolute atomic E-state index is 0.0881. The highest BCUT2D eigenvalue weighted by Gasteiger charge is 2.29. The number of nitrogens with zero attached hydrogens (tertiary/aromatic N) is 2. The second kappa shape index (κ2) is 6.14. The van der Waals surface area contributed by atoms with Gasteiger partial charge in [0.1, 0.15) is 0 Å². The Morgan fingerprint density at radius 1 is 1.42 bits per heavy atom. The standard InChI is InChI=1S/C13H21N3O3/c1-10-15-12(19-16-10)6-5-11(17)14-9-13(18)7-3-2-4-8-13/h18H,2-9H2,1H3,(H,14,17). The Kier molecular flexibility index (Phi) is 4.52. The van der Waals surface area contributed by atoms with Crippen LogP contribution in [0.2, 0.25) is 0 Å². The third-order valence-electron chi connectivity index (χ3n) is 3.53. The summed E-state index contributed by atoms with van der Waals surface area (Å²) in [5, 5.41) is 16.7. The molecule has 1 aromatic rings. The second-order valence-electron chi connectivity index (χ2n) is 5.30. The van der Waals surface area contributed by atoms with E-state index in [0.29, 0.717) is 31.1 Å². The number of hydrogen-bond donors (Lipinski definition) is 2. The number of aromatic nitrogens is 2. The summed E-state index contributed by atoms with van der Waals surface area (Å²) in [6.07, 6.45) is 5.53. The van der Waals surface area contributed by atoms with Gasteiger partial charge < -0.3 is 14.9 Å².